The predicted molar refractivity (Wildman–Crippen MR) is 22.1 cm³/mol. The first-order valence-corrected chi connectivity index (χ1v) is 1.94. The SMILES string of the molecule is O=C1[CH]NC(=O)C1. The van der Waals surface area contributed by atoms with Crippen molar-refractivity contribution in [3.05, 3.63) is 6.54 Å². The zero-order valence-corrected chi connectivity index (χ0v) is 3.60. The fraction of sp³-hybridized carbons (Fsp3) is 0.250. The smallest absolute Gasteiger partial charge is 0.228 e. The molecule has 3 nitrogen and oxygen atoms in total. The summed E-state index contributed by atoms with van der Waals surface area (Å²) < 4.78 is 0. The van der Waals surface area contributed by atoms with Crippen LogP contribution in [0.4, 0.5) is 0 Å². The Morgan fingerprint density at radius 1 is 1.57 bits per heavy atom. The summed E-state index contributed by atoms with van der Waals surface area (Å²) in [6, 6.07) is 0. The van der Waals surface area contributed by atoms with E-state index in [4.69, 9.17) is 0 Å². The number of ketones is 1. The molecule has 1 heterocycles. The van der Waals surface area contributed by atoms with Gasteiger partial charge in [-0.25, -0.2) is 0 Å². The molecule has 1 radical (unpaired) electrons. The number of carbonyl (C=O) groups excluding carboxylic acids is 2. The third-order valence-corrected chi connectivity index (χ3v) is 0.729. The van der Waals surface area contributed by atoms with Crippen LogP contribution in [0.3, 0.4) is 0 Å². The maximum atomic E-state index is 10.1. The van der Waals surface area contributed by atoms with Crippen LogP contribution in [0.2, 0.25) is 0 Å². The third-order valence-electron chi connectivity index (χ3n) is 0.729. The van der Waals surface area contributed by atoms with Gasteiger partial charge in [0.15, 0.2) is 5.78 Å². The Balaban J connectivity index is 2.55. The van der Waals surface area contributed by atoms with E-state index in [0.29, 0.717) is 0 Å². The first kappa shape index (κ1) is 4.30. The molecule has 1 aliphatic rings. The zero-order valence-electron chi connectivity index (χ0n) is 3.60. The fourth-order valence-corrected chi connectivity index (χ4v) is 0.421. The van der Waals surface area contributed by atoms with E-state index >= 15 is 0 Å². The molecule has 0 aromatic carbocycles. The Kier molecular flexibility index (Phi) is 0.817. The van der Waals surface area contributed by atoms with Crippen LogP contribution in [0.5, 0.6) is 0 Å². The Morgan fingerprint density at radius 2 is 2.29 bits per heavy atom. The molecular formula is C4H4NO2. The van der Waals surface area contributed by atoms with Crippen LogP contribution < -0.4 is 5.32 Å². The second kappa shape index (κ2) is 1.33. The van der Waals surface area contributed by atoms with Gasteiger partial charge in [-0.05, 0) is 0 Å². The highest BCUT2D eigenvalue weighted by Crippen LogP contribution is 1.93. The number of carbonyl (C=O) groups is 2. The van der Waals surface area contributed by atoms with Gasteiger partial charge in [-0.2, -0.15) is 0 Å². The van der Waals surface area contributed by atoms with Gasteiger partial charge in [-0.1, -0.05) is 0 Å². The average Bonchev–Trinajstić information content (AvgIpc) is 1.87. The van der Waals surface area contributed by atoms with Gasteiger partial charge in [0.25, 0.3) is 0 Å². The van der Waals surface area contributed by atoms with Gasteiger partial charge in [0.2, 0.25) is 5.91 Å². The van der Waals surface area contributed by atoms with Gasteiger partial charge in [0.1, 0.15) is 6.54 Å². The fourth-order valence-electron chi connectivity index (χ4n) is 0.421. The topological polar surface area (TPSA) is 46.2 Å². The molecule has 7 heavy (non-hydrogen) atoms. The van der Waals surface area contributed by atoms with Crippen LogP contribution in [0, 0.1) is 6.54 Å². The molecule has 0 aromatic heterocycles. The lowest BCUT2D eigenvalue weighted by molar-refractivity contribution is -0.121. The Bertz CT molecular complexity index is 105. The van der Waals surface area contributed by atoms with E-state index in [-0.39, 0.29) is 18.1 Å². The van der Waals surface area contributed by atoms with Gasteiger partial charge >= 0.3 is 0 Å². The van der Waals surface area contributed by atoms with Crippen molar-refractivity contribution in [1.82, 2.24) is 5.32 Å². The minimum atomic E-state index is -0.204. The molecule has 0 spiro atoms. The lowest BCUT2D eigenvalue weighted by Crippen LogP contribution is -2.09. The summed E-state index contributed by atoms with van der Waals surface area (Å²) in [6.07, 6.45) is 0.0278. The monoisotopic (exact) mass is 98.0 g/mol. The molecule has 1 fully saturated rings. The summed E-state index contributed by atoms with van der Waals surface area (Å²) >= 11 is 0. The molecule has 0 bridgehead atoms. The van der Waals surface area contributed by atoms with Gasteiger partial charge in [-0.15, -0.1) is 0 Å². The van der Waals surface area contributed by atoms with Crippen LogP contribution >= 0.6 is 0 Å². The van der Waals surface area contributed by atoms with E-state index in [2.05, 4.69) is 5.32 Å². The minimum absolute atomic E-state index is 0.0278. The number of amides is 1. The predicted octanol–water partition coefficient (Wildman–Crippen LogP) is -0.763. The van der Waals surface area contributed by atoms with E-state index in [0.717, 1.165) is 0 Å². The molecule has 1 N–H and O–H groups in total. The maximum absolute atomic E-state index is 10.1. The average molecular weight is 98.1 g/mol. The second-order valence-electron chi connectivity index (χ2n) is 1.35. The molecule has 0 atom stereocenters. The highest BCUT2D eigenvalue weighted by molar-refractivity contribution is 6.09. The van der Waals surface area contributed by atoms with E-state index in [1.165, 1.54) is 6.54 Å². The Morgan fingerprint density at radius 3 is 2.43 bits per heavy atom. The highest BCUT2D eigenvalue weighted by atomic mass is 16.2. The quantitative estimate of drug-likeness (QED) is 0.405. The molecule has 1 rings (SSSR count). The number of Topliss-reactive ketones (excluding diaryl/α,β-unsaturated/α-hetero) is 1. The van der Waals surface area contributed by atoms with Crippen LogP contribution in [-0.2, 0) is 9.59 Å². The third kappa shape index (κ3) is 0.765. The normalized spacial score (nSPS) is 20.0. The summed E-state index contributed by atoms with van der Waals surface area (Å²) in [5, 5.41) is 2.26. The van der Waals surface area contributed by atoms with E-state index in [1.54, 1.807) is 0 Å². The van der Waals surface area contributed by atoms with E-state index in [1.807, 2.05) is 0 Å². The number of hydrogen-bond acceptors (Lipinski definition) is 2. The van der Waals surface area contributed by atoms with Gasteiger partial charge in [-0.3, -0.25) is 9.59 Å². The minimum Gasteiger partial charge on any atom is -0.343 e. The van der Waals surface area contributed by atoms with E-state index < -0.39 is 0 Å². The molecule has 1 aliphatic heterocycles. The van der Waals surface area contributed by atoms with Gasteiger partial charge in [0.05, 0.1) is 6.42 Å². The van der Waals surface area contributed by atoms with Gasteiger partial charge in [0, 0.05) is 0 Å². The van der Waals surface area contributed by atoms with Crippen LogP contribution in [0.1, 0.15) is 6.42 Å². The van der Waals surface area contributed by atoms with Crippen molar-refractivity contribution in [2.45, 2.75) is 6.42 Å². The molecule has 1 amide bonds. The van der Waals surface area contributed by atoms with E-state index in [9.17, 15) is 9.59 Å². The van der Waals surface area contributed by atoms with Crippen molar-refractivity contribution in [2.75, 3.05) is 0 Å². The van der Waals surface area contributed by atoms with Crippen molar-refractivity contribution < 1.29 is 9.59 Å². The summed E-state index contributed by atoms with van der Waals surface area (Å²) in [5.41, 5.74) is 0. The molecular weight excluding hydrogens is 94.0 g/mol. The number of nitrogens with one attached hydrogen (secondary N) is 1. The number of rotatable bonds is 0. The summed E-state index contributed by atoms with van der Waals surface area (Å²) in [7, 11) is 0. The molecule has 3 heteroatoms. The van der Waals surface area contributed by atoms with Crippen LogP contribution in [0.15, 0.2) is 0 Å². The Labute approximate surface area is 40.7 Å². The molecule has 0 unspecified atom stereocenters. The van der Waals surface area contributed by atoms with Gasteiger partial charge < -0.3 is 5.32 Å². The first-order valence-electron chi connectivity index (χ1n) is 1.94. The lowest BCUT2D eigenvalue weighted by Gasteiger charge is -1.77. The van der Waals surface area contributed by atoms with Crippen LogP contribution in [0.25, 0.3) is 0 Å². The lowest BCUT2D eigenvalue weighted by atomic mass is 10.3. The van der Waals surface area contributed by atoms with Crippen molar-refractivity contribution in [1.29, 1.82) is 0 Å². The second-order valence-corrected chi connectivity index (χ2v) is 1.35. The summed E-state index contributed by atoms with van der Waals surface area (Å²) in [4.78, 5) is 20.2. The van der Waals surface area contributed by atoms with Crippen molar-refractivity contribution in [2.24, 2.45) is 0 Å². The molecule has 0 aromatic rings. The van der Waals surface area contributed by atoms with Crippen molar-refractivity contribution >= 4 is 11.7 Å². The largest absolute Gasteiger partial charge is 0.343 e. The standard InChI is InChI=1S/C4H4NO2/c6-3-1-4(7)5-2-3/h2H,1H2,(H,5,7). The zero-order chi connectivity index (χ0) is 5.28. The molecule has 0 saturated carbocycles. The maximum Gasteiger partial charge on any atom is 0.228 e. The number of hydrogen-bond donors (Lipinski definition) is 1. The summed E-state index contributed by atoms with van der Waals surface area (Å²) in [5.74, 6) is -0.338. The van der Waals surface area contributed by atoms with Crippen molar-refractivity contribution in [3.63, 3.8) is 0 Å². The first-order chi connectivity index (χ1) is 3.29. The molecule has 0 aliphatic carbocycles. The summed E-state index contributed by atoms with van der Waals surface area (Å²) in [6.45, 7) is 1.18. The Hall–Kier alpha value is -0.860. The molecule has 1 saturated heterocycles. The van der Waals surface area contributed by atoms with Crippen LogP contribution in [-0.4, -0.2) is 11.7 Å². The van der Waals surface area contributed by atoms with Crippen molar-refractivity contribution in [3.8, 4) is 0 Å². The highest BCUT2D eigenvalue weighted by Gasteiger charge is 2.16. The molecule has 37 valence electrons.